The molecule has 0 bridgehead atoms. The molecule has 0 N–H and O–H groups in total. The molecule has 0 heterocycles. The number of Topliss-reactive ketones (excluding diaryl/α,β-unsaturated/α-hetero) is 1. The molecule has 18 heavy (non-hydrogen) atoms. The highest BCUT2D eigenvalue weighted by Crippen LogP contribution is 2.48. The van der Waals surface area contributed by atoms with Gasteiger partial charge in [-0.15, -0.1) is 0 Å². The van der Waals surface area contributed by atoms with Crippen molar-refractivity contribution in [3.05, 3.63) is 25.1 Å². The second kappa shape index (κ2) is 7.04. The summed E-state index contributed by atoms with van der Waals surface area (Å²) in [5.74, 6) is -0.269. The van der Waals surface area contributed by atoms with Gasteiger partial charge in [-0.2, -0.15) is 0 Å². The van der Waals surface area contributed by atoms with E-state index in [1.54, 1.807) is 0 Å². The number of rotatable bonds is 5. The molecule has 0 fully saturated rings. The van der Waals surface area contributed by atoms with Crippen LogP contribution in [0.25, 0.3) is 0 Å². The van der Waals surface area contributed by atoms with Crippen molar-refractivity contribution in [1.29, 1.82) is 0 Å². The molecule has 1 aromatic rings. The Kier molecular flexibility index (Phi) is 6.31. The predicted octanol–water partition coefficient (Wildman–Crippen LogP) is 4.55. The van der Waals surface area contributed by atoms with Crippen molar-refractivity contribution in [3.8, 4) is 5.75 Å². The van der Waals surface area contributed by atoms with Crippen LogP contribution in [0.4, 0.5) is 0 Å². The lowest BCUT2D eigenvalue weighted by molar-refractivity contribution is -0.124. The first-order chi connectivity index (χ1) is 8.40. The van der Waals surface area contributed by atoms with E-state index >= 15 is 0 Å². The van der Waals surface area contributed by atoms with E-state index in [9.17, 15) is 4.79 Å². The molecule has 1 aromatic carbocycles. The average Bonchev–Trinajstić information content (AvgIpc) is 2.34. The quantitative estimate of drug-likeness (QED) is 0.576. The highest BCUT2D eigenvalue weighted by Gasteiger charge is 2.21. The highest BCUT2D eigenvalue weighted by molar-refractivity contribution is 6.55. The standard InChI is InChI=1S/C10H7Cl5O3/c1-17-2-4(16)3-18-10-8(14)6(12)5(11)7(13)9(10)15/h2-3H2,1H3. The molecule has 0 aliphatic rings. The van der Waals surface area contributed by atoms with Crippen molar-refractivity contribution in [2.45, 2.75) is 0 Å². The summed E-state index contributed by atoms with van der Waals surface area (Å²) in [6, 6.07) is 0. The lowest BCUT2D eigenvalue weighted by atomic mass is 10.3. The van der Waals surface area contributed by atoms with Crippen molar-refractivity contribution in [2.24, 2.45) is 0 Å². The minimum atomic E-state index is -0.285. The molecule has 1 rings (SSSR count). The first kappa shape index (κ1) is 16.2. The van der Waals surface area contributed by atoms with Gasteiger partial charge in [0.05, 0.1) is 15.1 Å². The molecule has 0 amide bonds. The molecule has 3 nitrogen and oxygen atoms in total. The zero-order valence-electron chi connectivity index (χ0n) is 9.03. The van der Waals surface area contributed by atoms with E-state index in [4.69, 9.17) is 62.7 Å². The van der Waals surface area contributed by atoms with E-state index in [0.717, 1.165) is 0 Å². The van der Waals surface area contributed by atoms with Crippen LogP contribution in [0.15, 0.2) is 0 Å². The third-order valence-electron chi connectivity index (χ3n) is 1.85. The van der Waals surface area contributed by atoms with Crippen LogP contribution in [-0.2, 0) is 9.53 Å². The van der Waals surface area contributed by atoms with E-state index in [1.807, 2.05) is 0 Å². The van der Waals surface area contributed by atoms with Gasteiger partial charge < -0.3 is 9.47 Å². The summed E-state index contributed by atoms with van der Waals surface area (Å²) in [5.41, 5.74) is 0. The molecule has 0 saturated carbocycles. The highest BCUT2D eigenvalue weighted by atomic mass is 35.5. The maximum atomic E-state index is 11.2. The van der Waals surface area contributed by atoms with E-state index in [0.29, 0.717) is 0 Å². The van der Waals surface area contributed by atoms with E-state index in [2.05, 4.69) is 4.74 Å². The van der Waals surface area contributed by atoms with Crippen LogP contribution in [-0.4, -0.2) is 26.1 Å². The summed E-state index contributed by atoms with van der Waals surface area (Å²) >= 11 is 29.3. The van der Waals surface area contributed by atoms with Crippen molar-refractivity contribution in [1.82, 2.24) is 0 Å². The van der Waals surface area contributed by atoms with Crippen LogP contribution in [0.2, 0.25) is 25.1 Å². The number of benzene rings is 1. The third kappa shape index (κ3) is 3.56. The molecule has 0 unspecified atom stereocenters. The van der Waals surface area contributed by atoms with Gasteiger partial charge in [-0.1, -0.05) is 58.0 Å². The van der Waals surface area contributed by atoms with Crippen LogP contribution in [0.5, 0.6) is 5.75 Å². The number of carbonyl (C=O) groups excluding carboxylic acids is 1. The summed E-state index contributed by atoms with van der Waals surface area (Å²) in [4.78, 5) is 11.2. The van der Waals surface area contributed by atoms with Crippen LogP contribution >= 0.6 is 58.0 Å². The first-order valence-corrected chi connectivity index (χ1v) is 6.44. The molecule has 8 heteroatoms. The summed E-state index contributed by atoms with van der Waals surface area (Å²) < 4.78 is 9.83. The lowest BCUT2D eigenvalue weighted by Gasteiger charge is -2.13. The number of methoxy groups -OCH3 is 1. The van der Waals surface area contributed by atoms with Gasteiger partial charge >= 0.3 is 0 Å². The van der Waals surface area contributed by atoms with Gasteiger partial charge in [0.25, 0.3) is 0 Å². The predicted molar refractivity (Wildman–Crippen MR) is 73.9 cm³/mol. The number of hydrogen-bond donors (Lipinski definition) is 0. The van der Waals surface area contributed by atoms with Gasteiger partial charge in [0, 0.05) is 7.11 Å². The van der Waals surface area contributed by atoms with E-state index in [-0.39, 0.29) is 49.9 Å². The third-order valence-corrected chi connectivity index (χ3v) is 4.09. The summed E-state index contributed by atoms with van der Waals surface area (Å²) in [5, 5.41) is 0.0651. The van der Waals surface area contributed by atoms with Crippen molar-refractivity contribution >= 4 is 63.8 Å². The summed E-state index contributed by atoms with van der Waals surface area (Å²) in [6.45, 7) is -0.341. The second-order valence-corrected chi connectivity index (χ2v) is 5.05. The minimum Gasteiger partial charge on any atom is -0.482 e. The number of carbonyl (C=O) groups is 1. The Balaban J connectivity index is 2.99. The number of hydrogen-bond acceptors (Lipinski definition) is 3. The molecule has 100 valence electrons. The minimum absolute atomic E-state index is 0.00119. The maximum Gasteiger partial charge on any atom is 0.195 e. The monoisotopic (exact) mass is 350 g/mol. The molecule has 0 aliphatic heterocycles. The van der Waals surface area contributed by atoms with Crippen LogP contribution < -0.4 is 4.74 Å². The summed E-state index contributed by atoms with van der Waals surface area (Å²) in [7, 11) is 1.40. The zero-order chi connectivity index (χ0) is 13.9. The number of ketones is 1. The largest absolute Gasteiger partial charge is 0.482 e. The fourth-order valence-corrected chi connectivity index (χ4v) is 2.30. The van der Waals surface area contributed by atoms with Crippen LogP contribution in [0.3, 0.4) is 0 Å². The molecule has 0 saturated heterocycles. The Morgan fingerprint density at radius 1 is 0.889 bits per heavy atom. The number of ether oxygens (including phenoxy) is 2. The van der Waals surface area contributed by atoms with Gasteiger partial charge in [-0.3, -0.25) is 4.79 Å². The van der Waals surface area contributed by atoms with Gasteiger partial charge in [-0.05, 0) is 0 Å². The Hall–Kier alpha value is 0.1000. The Labute approximate surface area is 129 Å². The van der Waals surface area contributed by atoms with Gasteiger partial charge in [0.2, 0.25) is 0 Å². The molecule has 0 aromatic heterocycles. The molecule has 0 atom stereocenters. The van der Waals surface area contributed by atoms with Gasteiger partial charge in [0.15, 0.2) is 11.5 Å². The molecular formula is C10H7Cl5O3. The molecule has 0 radical (unpaired) electrons. The van der Waals surface area contributed by atoms with Crippen LogP contribution in [0, 0.1) is 0 Å². The Morgan fingerprint density at radius 2 is 1.33 bits per heavy atom. The SMILES string of the molecule is COCC(=O)COc1c(Cl)c(Cl)c(Cl)c(Cl)c1Cl. The van der Waals surface area contributed by atoms with Crippen molar-refractivity contribution in [3.63, 3.8) is 0 Å². The second-order valence-electron chi connectivity index (χ2n) is 3.16. The van der Waals surface area contributed by atoms with E-state index in [1.165, 1.54) is 7.11 Å². The fraction of sp³-hybridized carbons (Fsp3) is 0.300. The normalized spacial score (nSPS) is 10.6. The van der Waals surface area contributed by atoms with Crippen LogP contribution in [0.1, 0.15) is 0 Å². The Bertz CT molecular complexity index is 446. The van der Waals surface area contributed by atoms with E-state index < -0.39 is 0 Å². The molecular weight excluding hydrogens is 345 g/mol. The zero-order valence-corrected chi connectivity index (χ0v) is 12.8. The van der Waals surface area contributed by atoms with Gasteiger partial charge in [0.1, 0.15) is 23.3 Å². The van der Waals surface area contributed by atoms with Crippen molar-refractivity contribution in [2.75, 3.05) is 20.3 Å². The van der Waals surface area contributed by atoms with Crippen molar-refractivity contribution < 1.29 is 14.3 Å². The summed E-state index contributed by atoms with van der Waals surface area (Å²) in [6.07, 6.45) is 0. The smallest absolute Gasteiger partial charge is 0.195 e. The maximum absolute atomic E-state index is 11.2. The number of halogens is 5. The Morgan fingerprint density at radius 3 is 1.78 bits per heavy atom. The first-order valence-electron chi connectivity index (χ1n) is 4.55. The van der Waals surface area contributed by atoms with Gasteiger partial charge in [-0.25, -0.2) is 0 Å². The lowest BCUT2D eigenvalue weighted by Crippen LogP contribution is -2.16. The molecule has 0 aliphatic carbocycles. The fourth-order valence-electron chi connectivity index (χ4n) is 1.07. The molecule has 0 spiro atoms. The topological polar surface area (TPSA) is 35.5 Å². The average molecular weight is 352 g/mol.